The van der Waals surface area contributed by atoms with Crippen molar-refractivity contribution in [2.75, 3.05) is 11.9 Å². The first-order valence-corrected chi connectivity index (χ1v) is 10.8. The van der Waals surface area contributed by atoms with E-state index in [4.69, 9.17) is 9.15 Å². The van der Waals surface area contributed by atoms with Gasteiger partial charge in [-0.15, -0.1) is 0 Å². The van der Waals surface area contributed by atoms with Crippen molar-refractivity contribution < 1.29 is 13.9 Å². The van der Waals surface area contributed by atoms with E-state index < -0.39 is 0 Å². The summed E-state index contributed by atoms with van der Waals surface area (Å²) in [6, 6.07) is 9.93. The number of para-hydroxylation sites is 1. The minimum atomic E-state index is -0.142. The highest BCUT2D eigenvalue weighted by atomic mass is 16.5. The summed E-state index contributed by atoms with van der Waals surface area (Å²) in [5.74, 6) is 1.77. The largest absolute Gasteiger partial charge is 0.493 e. The van der Waals surface area contributed by atoms with E-state index in [-0.39, 0.29) is 5.91 Å². The van der Waals surface area contributed by atoms with Crippen LogP contribution in [-0.4, -0.2) is 12.5 Å². The normalized spacial score (nSPS) is 13.9. The maximum atomic E-state index is 12.7. The van der Waals surface area contributed by atoms with Gasteiger partial charge in [0.2, 0.25) is 5.91 Å². The van der Waals surface area contributed by atoms with Crippen LogP contribution in [0.15, 0.2) is 40.8 Å². The Morgan fingerprint density at radius 2 is 1.97 bits per heavy atom. The second-order valence-electron chi connectivity index (χ2n) is 8.03. The minimum absolute atomic E-state index is 0.142. The molecular weight excluding hydrogens is 374 g/mol. The van der Waals surface area contributed by atoms with Gasteiger partial charge in [-0.1, -0.05) is 18.2 Å². The van der Waals surface area contributed by atoms with Gasteiger partial charge in [0.1, 0.15) is 17.1 Å². The van der Waals surface area contributed by atoms with E-state index in [1.165, 1.54) is 18.4 Å². The molecule has 30 heavy (non-hydrogen) atoms. The Labute approximate surface area is 177 Å². The van der Waals surface area contributed by atoms with Crippen LogP contribution >= 0.6 is 0 Å². The molecule has 156 valence electrons. The van der Waals surface area contributed by atoms with E-state index in [2.05, 4.69) is 11.4 Å². The first kappa shape index (κ1) is 20.3. The first-order valence-electron chi connectivity index (χ1n) is 10.8. The zero-order valence-corrected chi connectivity index (χ0v) is 18.2. The molecule has 1 aromatic heterocycles. The van der Waals surface area contributed by atoms with Crippen molar-refractivity contribution in [1.29, 1.82) is 0 Å². The number of aryl methyl sites for hydroxylation is 4. The maximum Gasteiger partial charge on any atom is 0.248 e. The number of hydrogen-bond donors (Lipinski definition) is 1. The van der Waals surface area contributed by atoms with Crippen molar-refractivity contribution in [3.05, 3.63) is 64.4 Å². The fourth-order valence-electron chi connectivity index (χ4n) is 4.32. The number of rotatable bonds is 5. The molecule has 0 aliphatic heterocycles. The molecule has 0 radical (unpaired) electrons. The monoisotopic (exact) mass is 403 g/mol. The Balaban J connectivity index is 1.76. The number of furan rings is 1. The van der Waals surface area contributed by atoms with Crippen molar-refractivity contribution in [2.45, 2.75) is 53.4 Å². The Morgan fingerprint density at radius 1 is 1.20 bits per heavy atom. The number of carbonyl (C=O) groups is 1. The second kappa shape index (κ2) is 8.39. The Morgan fingerprint density at radius 3 is 2.73 bits per heavy atom. The number of anilines is 1. The molecule has 0 unspecified atom stereocenters. The maximum absolute atomic E-state index is 12.7. The van der Waals surface area contributed by atoms with E-state index in [1.54, 1.807) is 6.08 Å². The lowest BCUT2D eigenvalue weighted by atomic mass is 9.93. The molecule has 0 bridgehead atoms. The van der Waals surface area contributed by atoms with Gasteiger partial charge in [0.15, 0.2) is 0 Å². The molecule has 1 aliphatic carbocycles. The highest BCUT2D eigenvalue weighted by molar-refractivity contribution is 6.05. The molecule has 3 aromatic rings. The van der Waals surface area contributed by atoms with Gasteiger partial charge in [0.05, 0.1) is 6.61 Å². The van der Waals surface area contributed by atoms with Gasteiger partial charge in [0.25, 0.3) is 0 Å². The van der Waals surface area contributed by atoms with E-state index in [0.717, 1.165) is 63.3 Å². The standard InChI is InChI=1S/C26H29NO3/c1-5-29-25-18(4)26-21(19-11-7-9-13-23(19)30-26)15-20(25)17(3)14-24(28)27-22-12-8-6-10-16(22)2/h6,8,10,12,14-15H,5,7,9,11,13H2,1-4H3,(H,27,28)/b17-14+. The van der Waals surface area contributed by atoms with Crippen molar-refractivity contribution in [2.24, 2.45) is 0 Å². The van der Waals surface area contributed by atoms with Crippen LogP contribution in [0, 0.1) is 13.8 Å². The van der Waals surface area contributed by atoms with Gasteiger partial charge < -0.3 is 14.5 Å². The lowest BCUT2D eigenvalue weighted by Crippen LogP contribution is -2.10. The molecule has 0 fully saturated rings. The summed E-state index contributed by atoms with van der Waals surface area (Å²) in [6.07, 6.45) is 6.07. The van der Waals surface area contributed by atoms with Gasteiger partial charge >= 0.3 is 0 Å². The molecule has 0 atom stereocenters. The molecule has 2 aromatic carbocycles. The molecule has 1 aliphatic rings. The predicted octanol–water partition coefficient (Wildman–Crippen LogP) is 6.37. The summed E-state index contributed by atoms with van der Waals surface area (Å²) in [6.45, 7) is 8.53. The number of hydrogen-bond acceptors (Lipinski definition) is 3. The van der Waals surface area contributed by atoms with Gasteiger partial charge in [-0.3, -0.25) is 4.79 Å². The molecule has 0 saturated heterocycles. The predicted molar refractivity (Wildman–Crippen MR) is 122 cm³/mol. The molecular formula is C26H29NO3. The third kappa shape index (κ3) is 3.74. The summed E-state index contributed by atoms with van der Waals surface area (Å²) < 4.78 is 12.3. The smallest absolute Gasteiger partial charge is 0.248 e. The molecule has 0 spiro atoms. The number of nitrogens with one attached hydrogen (secondary N) is 1. The minimum Gasteiger partial charge on any atom is -0.493 e. The molecule has 1 amide bonds. The Bertz CT molecular complexity index is 1140. The van der Waals surface area contributed by atoms with Gasteiger partial charge in [-0.05, 0) is 70.2 Å². The molecule has 1 heterocycles. The fourth-order valence-corrected chi connectivity index (χ4v) is 4.32. The van der Waals surface area contributed by atoms with E-state index in [0.29, 0.717) is 6.61 Å². The molecule has 0 saturated carbocycles. The fraction of sp³-hybridized carbons (Fsp3) is 0.346. The molecule has 4 rings (SSSR count). The second-order valence-corrected chi connectivity index (χ2v) is 8.03. The summed E-state index contributed by atoms with van der Waals surface area (Å²) in [4.78, 5) is 12.7. The zero-order valence-electron chi connectivity index (χ0n) is 18.2. The molecule has 1 N–H and O–H groups in total. The highest BCUT2D eigenvalue weighted by Gasteiger charge is 2.23. The van der Waals surface area contributed by atoms with Gasteiger partial charge in [-0.25, -0.2) is 0 Å². The van der Waals surface area contributed by atoms with Crippen molar-refractivity contribution >= 4 is 28.1 Å². The Kier molecular flexibility index (Phi) is 5.67. The van der Waals surface area contributed by atoms with Crippen LogP contribution < -0.4 is 10.1 Å². The van der Waals surface area contributed by atoms with Crippen LogP contribution in [-0.2, 0) is 17.6 Å². The Hall–Kier alpha value is -3.01. The van der Waals surface area contributed by atoms with Crippen LogP contribution in [0.3, 0.4) is 0 Å². The topological polar surface area (TPSA) is 51.5 Å². The third-order valence-corrected chi connectivity index (χ3v) is 5.89. The van der Waals surface area contributed by atoms with E-state index >= 15 is 0 Å². The summed E-state index contributed by atoms with van der Waals surface area (Å²) in [7, 11) is 0. The van der Waals surface area contributed by atoms with Crippen molar-refractivity contribution in [1.82, 2.24) is 0 Å². The SMILES string of the molecule is CCOc1c(/C(C)=C/C(=O)Nc2ccccc2C)cc2c3c(oc2c1C)CCCC3. The lowest BCUT2D eigenvalue weighted by Gasteiger charge is -2.15. The number of ether oxygens (including phenoxy) is 1. The summed E-state index contributed by atoms with van der Waals surface area (Å²) in [5.41, 5.74) is 6.94. The number of allylic oxidation sites excluding steroid dienone is 1. The molecule has 4 nitrogen and oxygen atoms in total. The van der Waals surface area contributed by atoms with E-state index in [1.807, 2.05) is 52.0 Å². The van der Waals surface area contributed by atoms with Crippen molar-refractivity contribution in [3.63, 3.8) is 0 Å². The molecule has 4 heteroatoms. The van der Waals surface area contributed by atoms with Crippen LogP contribution in [0.1, 0.15) is 54.7 Å². The van der Waals surface area contributed by atoms with Crippen LogP contribution in [0.4, 0.5) is 5.69 Å². The van der Waals surface area contributed by atoms with E-state index in [9.17, 15) is 4.79 Å². The quantitative estimate of drug-likeness (QED) is 0.504. The highest BCUT2D eigenvalue weighted by Crippen LogP contribution is 2.41. The van der Waals surface area contributed by atoms with Crippen LogP contribution in [0.25, 0.3) is 16.5 Å². The first-order chi connectivity index (χ1) is 14.5. The number of benzene rings is 2. The number of amides is 1. The number of fused-ring (bicyclic) bond motifs is 3. The van der Waals surface area contributed by atoms with Crippen LogP contribution in [0.2, 0.25) is 0 Å². The average molecular weight is 404 g/mol. The average Bonchev–Trinajstić information content (AvgIpc) is 3.10. The van der Waals surface area contributed by atoms with Gasteiger partial charge in [0, 0.05) is 40.3 Å². The third-order valence-electron chi connectivity index (χ3n) is 5.89. The lowest BCUT2D eigenvalue weighted by molar-refractivity contribution is -0.111. The van der Waals surface area contributed by atoms with Crippen molar-refractivity contribution in [3.8, 4) is 5.75 Å². The summed E-state index contributed by atoms with van der Waals surface area (Å²) >= 11 is 0. The van der Waals surface area contributed by atoms with Gasteiger partial charge in [-0.2, -0.15) is 0 Å². The number of carbonyl (C=O) groups excluding carboxylic acids is 1. The summed E-state index contributed by atoms with van der Waals surface area (Å²) in [5, 5.41) is 4.14. The zero-order chi connectivity index (χ0) is 21.3. The van der Waals surface area contributed by atoms with Crippen LogP contribution in [0.5, 0.6) is 5.75 Å².